The quantitative estimate of drug-likeness (QED) is 0.161. The number of aryl methyl sites for hydroxylation is 1. The van der Waals surface area contributed by atoms with Gasteiger partial charge in [-0.05, 0) is 126 Å². The largest absolute Gasteiger partial charge is 0.489 e. The van der Waals surface area contributed by atoms with Crippen molar-refractivity contribution in [2.24, 2.45) is 0 Å². The van der Waals surface area contributed by atoms with E-state index in [4.69, 9.17) is 9.15 Å². The molecule has 0 fully saturated rings. The second-order valence-electron chi connectivity index (χ2n) is 16.4. The first kappa shape index (κ1) is 36.9. The molecule has 2 heterocycles. The highest BCUT2D eigenvalue weighted by Gasteiger charge is 2.22. The van der Waals surface area contributed by atoms with Gasteiger partial charge in [-0.15, -0.1) is 0 Å². The summed E-state index contributed by atoms with van der Waals surface area (Å²) in [7, 11) is 0. The zero-order valence-corrected chi connectivity index (χ0v) is 34.3. The molecular formula is C58H47NO2. The van der Waals surface area contributed by atoms with Gasteiger partial charge in [-0.25, -0.2) is 0 Å². The number of rotatable bonds is 7. The molecule has 0 bridgehead atoms. The van der Waals surface area contributed by atoms with Gasteiger partial charge in [-0.2, -0.15) is 0 Å². The zero-order chi connectivity index (χ0) is 40.5. The maximum absolute atomic E-state index is 6.46. The summed E-state index contributed by atoms with van der Waals surface area (Å²) in [6.07, 6.45) is 30.8. The molecule has 0 radical (unpaired) electrons. The average Bonchev–Trinajstić information content (AvgIpc) is 3.76. The average molecular weight is 790 g/mol. The zero-order valence-electron chi connectivity index (χ0n) is 34.3. The fraction of sp³-hybridized carbons (Fsp3) is 0.138. The second kappa shape index (κ2) is 16.2. The van der Waals surface area contributed by atoms with Crippen molar-refractivity contribution >= 4 is 50.5 Å². The molecule has 7 aromatic rings. The van der Waals surface area contributed by atoms with E-state index >= 15 is 0 Å². The van der Waals surface area contributed by atoms with E-state index in [1.807, 2.05) is 6.07 Å². The summed E-state index contributed by atoms with van der Waals surface area (Å²) in [6.45, 7) is 0.546. The Balaban J connectivity index is 0.924. The third-order valence-electron chi connectivity index (χ3n) is 12.8. The summed E-state index contributed by atoms with van der Waals surface area (Å²) in [5, 5.41) is 2.33. The van der Waals surface area contributed by atoms with Gasteiger partial charge < -0.3 is 14.1 Å². The summed E-state index contributed by atoms with van der Waals surface area (Å²) in [5.74, 6) is 1.36. The second-order valence-corrected chi connectivity index (χ2v) is 16.4. The van der Waals surface area contributed by atoms with Crippen LogP contribution >= 0.6 is 0 Å². The fourth-order valence-electron chi connectivity index (χ4n) is 9.68. The van der Waals surface area contributed by atoms with Gasteiger partial charge >= 0.3 is 0 Å². The smallest absolute Gasteiger partial charge is 0.142 e. The number of allylic oxidation sites excluding steroid dienone is 12. The van der Waals surface area contributed by atoms with Crippen molar-refractivity contribution in [2.75, 3.05) is 11.5 Å². The van der Waals surface area contributed by atoms with E-state index in [0.717, 1.165) is 83.3 Å². The molecule has 61 heavy (non-hydrogen) atoms. The van der Waals surface area contributed by atoms with E-state index in [0.29, 0.717) is 12.5 Å². The molecule has 0 saturated heterocycles. The fourth-order valence-corrected chi connectivity index (χ4v) is 9.68. The van der Waals surface area contributed by atoms with Gasteiger partial charge in [-0.3, -0.25) is 0 Å². The minimum absolute atomic E-state index is 0.397. The molecule has 0 N–H and O–H groups in total. The van der Waals surface area contributed by atoms with Crippen LogP contribution in [0.1, 0.15) is 65.0 Å². The number of ether oxygens (including phenoxy) is 1. The molecule has 1 atom stereocenters. The predicted octanol–water partition coefficient (Wildman–Crippen LogP) is 15.3. The third-order valence-corrected chi connectivity index (χ3v) is 12.8. The molecule has 296 valence electrons. The van der Waals surface area contributed by atoms with Crippen molar-refractivity contribution in [1.82, 2.24) is 0 Å². The molecular weight excluding hydrogens is 743 g/mol. The molecule has 0 saturated carbocycles. The SMILES string of the molecule is C1=Cc2c(cccc2C2C=CC(c3ccc(N(C4=CC=C(c5cccc6c5oc5ccccc56)CC4)c4ccc(-c5cccc6c5OC/C=C\C=C/C6)cc4)cc3)=CC2)CC1. The van der Waals surface area contributed by atoms with Crippen molar-refractivity contribution in [3.8, 4) is 16.9 Å². The van der Waals surface area contributed by atoms with Crippen molar-refractivity contribution in [2.45, 2.75) is 44.4 Å². The lowest BCUT2D eigenvalue weighted by Crippen LogP contribution is -2.18. The van der Waals surface area contributed by atoms with Gasteiger partial charge in [-0.1, -0.05) is 152 Å². The molecule has 1 aliphatic heterocycles. The van der Waals surface area contributed by atoms with Gasteiger partial charge in [0.25, 0.3) is 0 Å². The molecule has 3 nitrogen and oxygen atoms in total. The highest BCUT2D eigenvalue weighted by molar-refractivity contribution is 6.08. The van der Waals surface area contributed by atoms with Gasteiger partial charge in [0.15, 0.2) is 0 Å². The molecule has 1 unspecified atom stereocenters. The number of furan rings is 1. The van der Waals surface area contributed by atoms with Gasteiger partial charge in [0.05, 0.1) is 0 Å². The van der Waals surface area contributed by atoms with E-state index in [-0.39, 0.29) is 0 Å². The van der Waals surface area contributed by atoms with Crippen LogP contribution in [0.3, 0.4) is 0 Å². The van der Waals surface area contributed by atoms with Crippen molar-refractivity contribution in [3.05, 3.63) is 227 Å². The first-order valence-corrected chi connectivity index (χ1v) is 21.8. The molecule has 11 rings (SSSR count). The van der Waals surface area contributed by atoms with E-state index < -0.39 is 0 Å². The van der Waals surface area contributed by atoms with E-state index in [2.05, 4.69) is 193 Å². The monoisotopic (exact) mass is 789 g/mol. The lowest BCUT2D eigenvalue weighted by atomic mass is 9.82. The van der Waals surface area contributed by atoms with Crippen molar-refractivity contribution < 1.29 is 9.15 Å². The molecule has 3 heteroatoms. The first-order valence-electron chi connectivity index (χ1n) is 21.8. The maximum atomic E-state index is 6.46. The first-order chi connectivity index (χ1) is 30.2. The van der Waals surface area contributed by atoms with Crippen LogP contribution in [0.2, 0.25) is 0 Å². The summed E-state index contributed by atoms with van der Waals surface area (Å²) in [4.78, 5) is 2.43. The summed E-state index contributed by atoms with van der Waals surface area (Å²) in [6, 6.07) is 46.4. The van der Waals surface area contributed by atoms with E-state index in [1.165, 1.54) is 55.6 Å². The van der Waals surface area contributed by atoms with Crippen LogP contribution in [0.4, 0.5) is 11.4 Å². The number of benzene rings is 6. The van der Waals surface area contributed by atoms with Crippen LogP contribution in [0, 0.1) is 0 Å². The minimum atomic E-state index is 0.397. The molecule has 3 aliphatic carbocycles. The molecule has 6 aromatic carbocycles. The van der Waals surface area contributed by atoms with Crippen LogP contribution in [0.15, 0.2) is 198 Å². The van der Waals surface area contributed by atoms with Crippen LogP contribution in [0.25, 0.3) is 50.3 Å². The third kappa shape index (κ3) is 7.10. The number of para-hydroxylation sites is 3. The highest BCUT2D eigenvalue weighted by Crippen LogP contribution is 2.42. The van der Waals surface area contributed by atoms with Crippen LogP contribution in [0.5, 0.6) is 5.75 Å². The van der Waals surface area contributed by atoms with Gasteiger partial charge in [0, 0.05) is 44.9 Å². The topological polar surface area (TPSA) is 25.6 Å². The summed E-state index contributed by atoms with van der Waals surface area (Å²) >= 11 is 0. The molecule has 4 aliphatic rings. The Morgan fingerprint density at radius 3 is 2.20 bits per heavy atom. The normalized spacial score (nSPS) is 18.1. The lowest BCUT2D eigenvalue weighted by Gasteiger charge is -2.30. The maximum Gasteiger partial charge on any atom is 0.142 e. The number of anilines is 2. The van der Waals surface area contributed by atoms with E-state index in [9.17, 15) is 0 Å². The van der Waals surface area contributed by atoms with Crippen molar-refractivity contribution in [3.63, 3.8) is 0 Å². The Bertz CT molecular complexity index is 3020. The Labute approximate surface area is 358 Å². The van der Waals surface area contributed by atoms with Crippen molar-refractivity contribution in [1.29, 1.82) is 0 Å². The number of hydrogen-bond acceptors (Lipinski definition) is 3. The Hall–Kier alpha value is -7.10. The lowest BCUT2D eigenvalue weighted by molar-refractivity contribution is 0.361. The van der Waals surface area contributed by atoms with Gasteiger partial charge in [0.1, 0.15) is 23.5 Å². The highest BCUT2D eigenvalue weighted by atomic mass is 16.5. The Morgan fingerprint density at radius 1 is 0.590 bits per heavy atom. The molecule has 0 spiro atoms. The Morgan fingerprint density at radius 2 is 1.36 bits per heavy atom. The molecule has 0 amide bonds. The number of fused-ring (bicyclic) bond motifs is 5. The summed E-state index contributed by atoms with van der Waals surface area (Å²) in [5.41, 5.74) is 18.2. The van der Waals surface area contributed by atoms with Crippen LogP contribution in [-0.4, -0.2) is 6.61 Å². The minimum Gasteiger partial charge on any atom is -0.489 e. The van der Waals surface area contributed by atoms with E-state index in [1.54, 1.807) is 0 Å². The standard InChI is InChI=1S/C58H47NO2/c1-2-8-39-60-57-46(13-3-1)15-10-19-52(57)44-29-35-48(36-30-44)59(49-37-31-45(32-38-49)53-20-11-21-55-54-17-6-7-22-56(54)61-58(53)55)47-33-27-41(28-34-47)40-23-25-43(26-24-40)51-18-9-14-42-12-4-5-16-50(42)51/h1-3,5-11,14-25,27-31,33-37,43H,4,12-13,26,32,38-39H2/b3-1-,8-2-. The number of nitrogens with zero attached hydrogens (tertiary/aromatic N) is 1. The molecule has 1 aromatic heterocycles. The number of hydrogen-bond donors (Lipinski definition) is 0. The Kier molecular flexibility index (Phi) is 9.79. The predicted molar refractivity (Wildman–Crippen MR) is 255 cm³/mol. The van der Waals surface area contributed by atoms with Crippen LogP contribution in [-0.2, 0) is 12.8 Å². The summed E-state index contributed by atoms with van der Waals surface area (Å²) < 4.78 is 12.8. The van der Waals surface area contributed by atoms with Crippen LogP contribution < -0.4 is 9.64 Å². The van der Waals surface area contributed by atoms with Gasteiger partial charge in [0.2, 0.25) is 0 Å².